The van der Waals surface area contributed by atoms with E-state index >= 15 is 0 Å². The summed E-state index contributed by atoms with van der Waals surface area (Å²) in [6, 6.07) is 0. The molecule has 1 aliphatic heterocycles. The van der Waals surface area contributed by atoms with Crippen LogP contribution < -0.4 is 5.11 Å². The van der Waals surface area contributed by atoms with Crippen LogP contribution in [0.2, 0.25) is 0 Å². The standard InChI is InChI=1S/C11H12N4O/c1-6(2)8-5-9(7(3)4-10(8)16)11-12-14-15-13-11/h4-6H,1-3H3/p+1. The summed E-state index contributed by atoms with van der Waals surface area (Å²) in [5, 5.41) is 13.6. The van der Waals surface area contributed by atoms with Crippen LogP contribution in [0.4, 0.5) is 0 Å². The topological polar surface area (TPSA) is 68.1 Å². The first-order valence-corrected chi connectivity index (χ1v) is 5.15. The van der Waals surface area contributed by atoms with Gasteiger partial charge in [0.1, 0.15) is 10.3 Å². The summed E-state index contributed by atoms with van der Waals surface area (Å²) in [6.45, 7) is 5.87. The van der Waals surface area contributed by atoms with Gasteiger partial charge in [-0.1, -0.05) is 13.8 Å². The van der Waals surface area contributed by atoms with Crippen LogP contribution in [-0.2, 0) is 4.79 Å². The van der Waals surface area contributed by atoms with Gasteiger partial charge in [0.15, 0.2) is 5.78 Å². The van der Waals surface area contributed by atoms with E-state index in [2.05, 4.69) is 20.7 Å². The molecule has 0 aromatic heterocycles. The summed E-state index contributed by atoms with van der Waals surface area (Å²) in [5.41, 5.74) is 2.55. The van der Waals surface area contributed by atoms with Crippen molar-refractivity contribution >= 4 is 5.78 Å². The van der Waals surface area contributed by atoms with Crippen LogP contribution in [0.25, 0.3) is 0 Å². The van der Waals surface area contributed by atoms with E-state index in [4.69, 9.17) is 0 Å². The molecular formula is C11H13N4O+. The van der Waals surface area contributed by atoms with Gasteiger partial charge in [-0.25, -0.2) is 0 Å². The molecule has 0 spiro atoms. The Morgan fingerprint density at radius 2 is 2.06 bits per heavy atom. The highest BCUT2D eigenvalue weighted by atomic mass is 16.1. The number of nitrogens with one attached hydrogen (secondary N) is 1. The average Bonchev–Trinajstić information content (AvgIpc) is 2.70. The first-order valence-electron chi connectivity index (χ1n) is 5.15. The molecule has 16 heavy (non-hydrogen) atoms. The molecule has 1 heterocycles. The lowest BCUT2D eigenvalue weighted by molar-refractivity contribution is -0.471. The Morgan fingerprint density at radius 3 is 2.62 bits per heavy atom. The van der Waals surface area contributed by atoms with Gasteiger partial charge in [0, 0.05) is 5.57 Å². The Bertz CT molecular complexity index is 478. The van der Waals surface area contributed by atoms with Crippen LogP contribution in [0.15, 0.2) is 50.3 Å². The van der Waals surface area contributed by atoms with E-state index in [-0.39, 0.29) is 11.7 Å². The number of allylic oxidation sites excluding steroid dienone is 5. The highest BCUT2D eigenvalue weighted by molar-refractivity contribution is 6.07. The van der Waals surface area contributed by atoms with Crippen molar-refractivity contribution in [2.24, 2.45) is 21.5 Å². The number of carbonyl (C=O) groups excluding carboxylic acids is 1. The minimum absolute atomic E-state index is 0.0729. The van der Waals surface area contributed by atoms with Gasteiger partial charge in [0.05, 0.1) is 5.57 Å². The number of hydrogen-bond acceptors (Lipinski definition) is 4. The molecule has 0 saturated heterocycles. The zero-order valence-corrected chi connectivity index (χ0v) is 9.48. The van der Waals surface area contributed by atoms with Crippen molar-refractivity contribution < 1.29 is 9.91 Å². The van der Waals surface area contributed by atoms with Crippen LogP contribution >= 0.6 is 0 Å². The molecule has 0 amide bonds. The number of nitrogens with zero attached hydrogens (tertiary/aromatic N) is 3. The third-order valence-electron chi connectivity index (χ3n) is 2.58. The Kier molecular flexibility index (Phi) is 2.60. The Balaban J connectivity index is 2.51. The van der Waals surface area contributed by atoms with Gasteiger partial charge >= 0.3 is 5.82 Å². The molecule has 0 bridgehead atoms. The van der Waals surface area contributed by atoms with Crippen molar-refractivity contribution in [2.45, 2.75) is 20.8 Å². The largest absolute Gasteiger partial charge is 0.331 e. The van der Waals surface area contributed by atoms with Crippen LogP contribution in [-0.4, -0.2) is 5.78 Å². The number of ketones is 1. The fraction of sp³-hybridized carbons (Fsp3) is 0.364. The molecule has 5 nitrogen and oxygen atoms in total. The maximum absolute atomic E-state index is 11.7. The van der Waals surface area contributed by atoms with Crippen molar-refractivity contribution in [2.75, 3.05) is 0 Å². The maximum Gasteiger partial charge on any atom is 0.331 e. The van der Waals surface area contributed by atoms with Gasteiger partial charge < -0.3 is 0 Å². The Hall–Kier alpha value is -1.91. The maximum atomic E-state index is 11.7. The summed E-state index contributed by atoms with van der Waals surface area (Å²) in [4.78, 5) is 11.7. The summed E-state index contributed by atoms with van der Waals surface area (Å²) < 4.78 is 0. The van der Waals surface area contributed by atoms with E-state index in [1.54, 1.807) is 6.08 Å². The SMILES string of the molecule is CC1=CC(=O)C(C(C)C)=CC1=C1N=NN=[NH+]1. The molecule has 0 aromatic carbocycles. The van der Waals surface area contributed by atoms with Crippen LogP contribution in [0.5, 0.6) is 0 Å². The van der Waals surface area contributed by atoms with Gasteiger partial charge in [0.2, 0.25) is 5.22 Å². The molecule has 0 aromatic rings. The van der Waals surface area contributed by atoms with Crippen LogP contribution in [0, 0.1) is 5.92 Å². The first kappa shape index (κ1) is 10.6. The third kappa shape index (κ3) is 1.76. The zero-order valence-electron chi connectivity index (χ0n) is 9.48. The number of rotatable bonds is 1. The molecule has 2 rings (SSSR count). The molecule has 0 fully saturated rings. The Morgan fingerprint density at radius 1 is 1.31 bits per heavy atom. The lowest BCUT2D eigenvalue weighted by Crippen LogP contribution is -2.61. The van der Waals surface area contributed by atoms with Gasteiger partial charge in [-0.3, -0.25) is 4.79 Å². The average molecular weight is 217 g/mol. The number of carbonyl (C=O) groups is 1. The zero-order chi connectivity index (χ0) is 11.7. The van der Waals surface area contributed by atoms with Gasteiger partial charge in [-0.2, -0.15) is 0 Å². The quantitative estimate of drug-likeness (QED) is 0.705. The molecule has 5 heteroatoms. The summed E-state index contributed by atoms with van der Waals surface area (Å²) in [7, 11) is 0. The first-order chi connectivity index (χ1) is 7.59. The van der Waals surface area contributed by atoms with E-state index in [0.29, 0.717) is 5.82 Å². The highest BCUT2D eigenvalue weighted by Crippen LogP contribution is 2.26. The second kappa shape index (κ2) is 3.92. The van der Waals surface area contributed by atoms with E-state index in [0.717, 1.165) is 16.7 Å². The molecule has 2 aliphatic rings. The minimum Gasteiger partial charge on any atom is -0.290 e. The molecule has 0 atom stereocenters. The second-order valence-corrected chi connectivity index (χ2v) is 4.11. The predicted octanol–water partition coefficient (Wildman–Crippen LogP) is 1.22. The molecule has 0 radical (unpaired) electrons. The molecule has 0 saturated carbocycles. The molecule has 1 aliphatic carbocycles. The van der Waals surface area contributed by atoms with Crippen LogP contribution in [0.3, 0.4) is 0 Å². The van der Waals surface area contributed by atoms with E-state index in [1.165, 1.54) is 0 Å². The minimum atomic E-state index is 0.0729. The molecule has 0 unspecified atom stereocenters. The summed E-state index contributed by atoms with van der Waals surface area (Å²) >= 11 is 0. The molecule has 82 valence electrons. The predicted molar refractivity (Wildman–Crippen MR) is 57.0 cm³/mol. The monoisotopic (exact) mass is 217 g/mol. The molecular weight excluding hydrogens is 204 g/mol. The summed E-state index contributed by atoms with van der Waals surface area (Å²) in [6.07, 6.45) is 3.50. The van der Waals surface area contributed by atoms with E-state index in [9.17, 15) is 4.79 Å². The fourth-order valence-corrected chi connectivity index (χ4v) is 1.68. The third-order valence-corrected chi connectivity index (χ3v) is 2.58. The van der Waals surface area contributed by atoms with Crippen LogP contribution in [0.1, 0.15) is 20.8 Å². The van der Waals surface area contributed by atoms with Gasteiger partial charge in [0.25, 0.3) is 0 Å². The number of hydrogen-bond donors (Lipinski definition) is 1. The lowest BCUT2D eigenvalue weighted by atomic mass is 9.88. The second-order valence-electron chi connectivity index (χ2n) is 4.11. The van der Waals surface area contributed by atoms with Crippen molar-refractivity contribution in [3.8, 4) is 0 Å². The van der Waals surface area contributed by atoms with E-state index < -0.39 is 0 Å². The van der Waals surface area contributed by atoms with Gasteiger partial charge in [-0.15, -0.1) is 5.11 Å². The van der Waals surface area contributed by atoms with Crippen molar-refractivity contribution in [1.29, 1.82) is 0 Å². The lowest BCUT2D eigenvalue weighted by Gasteiger charge is -2.14. The molecule has 1 N–H and O–H groups in total. The highest BCUT2D eigenvalue weighted by Gasteiger charge is 2.24. The van der Waals surface area contributed by atoms with E-state index in [1.807, 2.05) is 26.8 Å². The fourth-order valence-electron chi connectivity index (χ4n) is 1.68. The van der Waals surface area contributed by atoms with Crippen molar-refractivity contribution in [1.82, 2.24) is 0 Å². The summed E-state index contributed by atoms with van der Waals surface area (Å²) in [5.74, 6) is 0.867. The van der Waals surface area contributed by atoms with Crippen molar-refractivity contribution in [3.63, 3.8) is 0 Å². The normalized spacial score (nSPS) is 24.1. The Labute approximate surface area is 93.3 Å². The smallest absolute Gasteiger partial charge is 0.290 e. The van der Waals surface area contributed by atoms with Crippen molar-refractivity contribution in [3.05, 3.63) is 34.7 Å². The van der Waals surface area contributed by atoms with Gasteiger partial charge in [-0.05, 0) is 30.6 Å².